The number of fused-ring (bicyclic) bond motifs is 1. The van der Waals surface area contributed by atoms with E-state index in [1.54, 1.807) is 23.5 Å². The lowest BCUT2D eigenvalue weighted by Gasteiger charge is -2.14. The van der Waals surface area contributed by atoms with Crippen molar-refractivity contribution in [2.45, 2.75) is 36.0 Å². The van der Waals surface area contributed by atoms with E-state index in [0.717, 1.165) is 39.0 Å². The lowest BCUT2D eigenvalue weighted by Crippen LogP contribution is -2.09. The zero-order valence-corrected chi connectivity index (χ0v) is 20.7. The van der Waals surface area contributed by atoms with Gasteiger partial charge in [-0.3, -0.25) is 4.79 Å². The number of hydrogen-bond acceptors (Lipinski definition) is 8. The number of benzene rings is 2. The van der Waals surface area contributed by atoms with E-state index < -0.39 is 0 Å². The van der Waals surface area contributed by atoms with Crippen LogP contribution in [-0.4, -0.2) is 49.0 Å². The molecule has 1 aliphatic heterocycles. The molecule has 0 saturated carbocycles. The van der Waals surface area contributed by atoms with Crippen LogP contribution in [0.2, 0.25) is 0 Å². The van der Waals surface area contributed by atoms with Gasteiger partial charge in [-0.05, 0) is 39.8 Å². The minimum Gasteiger partial charge on any atom is -0.468 e. The Morgan fingerprint density at radius 2 is 1.94 bits per heavy atom. The fourth-order valence-electron chi connectivity index (χ4n) is 4.27. The summed E-state index contributed by atoms with van der Waals surface area (Å²) in [6.07, 6.45) is 0. The molecule has 0 aliphatic carbocycles. The first-order chi connectivity index (χ1) is 16.6. The highest BCUT2D eigenvalue weighted by atomic mass is 32.2. The van der Waals surface area contributed by atoms with Gasteiger partial charge >= 0.3 is 5.97 Å². The third-order valence-electron chi connectivity index (χ3n) is 5.80. The first kappa shape index (κ1) is 22.7. The summed E-state index contributed by atoms with van der Waals surface area (Å²) in [5.41, 5.74) is 6.22. The Labute approximate surface area is 205 Å². The summed E-state index contributed by atoms with van der Waals surface area (Å²) in [5, 5.41) is 15.1. The Morgan fingerprint density at radius 1 is 1.18 bits per heavy atom. The molecule has 0 fully saturated rings. The maximum atomic E-state index is 12.3. The van der Waals surface area contributed by atoms with Gasteiger partial charge in [0.15, 0.2) is 11.0 Å². The van der Waals surface area contributed by atoms with Crippen LogP contribution < -0.4 is 0 Å². The number of esters is 1. The predicted molar refractivity (Wildman–Crippen MR) is 134 cm³/mol. The summed E-state index contributed by atoms with van der Waals surface area (Å²) in [6, 6.07) is 16.6. The highest BCUT2D eigenvalue weighted by Gasteiger charge is 2.40. The molecule has 2 aromatic carbocycles. The Balaban J connectivity index is 1.46. The van der Waals surface area contributed by atoms with Gasteiger partial charge in [-0.2, -0.15) is 0 Å². The third kappa shape index (κ3) is 4.12. The number of imidazole rings is 1. The molecule has 0 spiro atoms. The van der Waals surface area contributed by atoms with Crippen molar-refractivity contribution in [3.05, 3.63) is 65.5 Å². The normalized spacial score (nSPS) is 17.0. The van der Waals surface area contributed by atoms with Crippen molar-refractivity contribution in [1.29, 1.82) is 0 Å². The highest BCUT2D eigenvalue weighted by molar-refractivity contribution is 8.00. The molecule has 0 amide bonds. The Kier molecular flexibility index (Phi) is 6.42. The summed E-state index contributed by atoms with van der Waals surface area (Å²) < 4.78 is 7.29. The van der Waals surface area contributed by atoms with E-state index in [0.29, 0.717) is 12.4 Å². The number of carbonyl (C=O) groups excluding carboxylic acids is 1. The quantitative estimate of drug-likeness (QED) is 0.287. The fraction of sp³-hybridized carbons (Fsp3) is 0.292. The smallest absolute Gasteiger partial charge is 0.325 e. The zero-order valence-electron chi connectivity index (χ0n) is 19.1. The second-order valence-corrected chi connectivity index (χ2v) is 10.5. The number of ether oxygens (including phenoxy) is 1. The van der Waals surface area contributed by atoms with E-state index in [9.17, 15) is 4.79 Å². The predicted octanol–water partition coefficient (Wildman–Crippen LogP) is 4.91. The molecule has 2 atom stereocenters. The van der Waals surface area contributed by atoms with Crippen molar-refractivity contribution >= 4 is 29.5 Å². The van der Waals surface area contributed by atoms with Gasteiger partial charge in [0.2, 0.25) is 0 Å². The third-order valence-corrected chi connectivity index (χ3v) is 7.97. The van der Waals surface area contributed by atoms with Crippen LogP contribution in [0.4, 0.5) is 0 Å². The Bertz CT molecular complexity index is 1300. The van der Waals surface area contributed by atoms with Crippen molar-refractivity contribution in [3.63, 3.8) is 0 Å². The monoisotopic (exact) mass is 492 g/mol. The molecular weight excluding hydrogens is 468 g/mol. The summed E-state index contributed by atoms with van der Waals surface area (Å²) in [4.78, 5) is 17.2. The molecule has 10 heteroatoms. The number of nitrogens with one attached hydrogen (secondary N) is 1. The topological polar surface area (TPSA) is 98.6 Å². The van der Waals surface area contributed by atoms with Gasteiger partial charge in [-0.15, -0.1) is 16.9 Å². The molecule has 0 bridgehead atoms. The van der Waals surface area contributed by atoms with E-state index in [2.05, 4.69) is 69.4 Å². The summed E-state index contributed by atoms with van der Waals surface area (Å²) >= 11 is 3.30. The fourth-order valence-corrected chi connectivity index (χ4v) is 6.30. The molecule has 0 radical (unpaired) electrons. The standard InChI is InChI=1S/C24H24N6O2S2/c1-4-33-24-25-19-20(14(2)34-21(19)23(31)32-3)30(24)13-15-9-11-16(12-10-15)17-7-5-6-8-18(17)22-26-28-29-27-22/h5-12,14,21H,4,13H2,1-3H3,(H,26,27,28,29). The van der Waals surface area contributed by atoms with Gasteiger partial charge < -0.3 is 9.30 Å². The zero-order chi connectivity index (χ0) is 23.7. The molecule has 1 aliphatic rings. The molecule has 4 aromatic rings. The number of H-pyrrole nitrogens is 1. The van der Waals surface area contributed by atoms with E-state index in [1.165, 1.54) is 12.7 Å². The van der Waals surface area contributed by atoms with Crippen LogP contribution in [0.5, 0.6) is 0 Å². The van der Waals surface area contributed by atoms with Crippen LogP contribution in [0.3, 0.4) is 0 Å². The van der Waals surface area contributed by atoms with Crippen molar-refractivity contribution in [3.8, 4) is 22.5 Å². The molecule has 2 aromatic heterocycles. The van der Waals surface area contributed by atoms with Gasteiger partial charge in [0, 0.05) is 17.4 Å². The number of hydrogen-bond donors (Lipinski definition) is 1. The average molecular weight is 493 g/mol. The maximum absolute atomic E-state index is 12.3. The van der Waals surface area contributed by atoms with Crippen LogP contribution in [0, 0.1) is 0 Å². The number of rotatable bonds is 7. The minimum absolute atomic E-state index is 0.166. The molecule has 34 heavy (non-hydrogen) atoms. The molecule has 0 saturated heterocycles. The Hall–Kier alpha value is -3.11. The number of aromatic nitrogens is 6. The number of nitrogens with zero attached hydrogens (tertiary/aromatic N) is 5. The number of carbonyl (C=O) groups is 1. The van der Waals surface area contributed by atoms with Crippen molar-refractivity contribution < 1.29 is 9.53 Å². The van der Waals surface area contributed by atoms with Crippen LogP contribution in [0.15, 0.2) is 53.7 Å². The molecular formula is C24H24N6O2S2. The summed E-state index contributed by atoms with van der Waals surface area (Å²) in [5.74, 6) is 1.31. The van der Waals surface area contributed by atoms with E-state index in [-0.39, 0.29) is 16.5 Å². The molecule has 5 rings (SSSR count). The SMILES string of the molecule is CCSc1nc2c(n1Cc1ccc(-c3ccccc3-c3nnn[nH]3)cc1)C(C)SC2C(=O)OC. The molecule has 8 nitrogen and oxygen atoms in total. The number of thioether (sulfide) groups is 2. The van der Waals surface area contributed by atoms with E-state index >= 15 is 0 Å². The van der Waals surface area contributed by atoms with Gasteiger partial charge in [-0.25, -0.2) is 10.1 Å². The van der Waals surface area contributed by atoms with Gasteiger partial charge in [0.05, 0.1) is 18.5 Å². The van der Waals surface area contributed by atoms with Gasteiger partial charge in [-0.1, -0.05) is 67.2 Å². The molecule has 2 unspecified atom stereocenters. The van der Waals surface area contributed by atoms with Gasteiger partial charge in [0.25, 0.3) is 0 Å². The highest BCUT2D eigenvalue weighted by Crippen LogP contribution is 2.51. The van der Waals surface area contributed by atoms with Crippen molar-refractivity contribution in [2.75, 3.05) is 12.9 Å². The van der Waals surface area contributed by atoms with Crippen molar-refractivity contribution in [2.24, 2.45) is 0 Å². The molecule has 1 N–H and O–H groups in total. The second-order valence-electron chi connectivity index (χ2n) is 7.86. The summed E-state index contributed by atoms with van der Waals surface area (Å²) in [7, 11) is 1.43. The van der Waals surface area contributed by atoms with Crippen LogP contribution >= 0.6 is 23.5 Å². The lowest BCUT2D eigenvalue weighted by atomic mass is 9.98. The largest absolute Gasteiger partial charge is 0.468 e. The molecule has 3 heterocycles. The number of aromatic amines is 1. The van der Waals surface area contributed by atoms with Crippen LogP contribution in [-0.2, 0) is 16.1 Å². The number of tetrazole rings is 1. The minimum atomic E-state index is -0.364. The Morgan fingerprint density at radius 3 is 2.62 bits per heavy atom. The first-order valence-electron chi connectivity index (χ1n) is 11.0. The molecule has 174 valence electrons. The second kappa shape index (κ2) is 9.63. The maximum Gasteiger partial charge on any atom is 0.325 e. The lowest BCUT2D eigenvalue weighted by molar-refractivity contribution is -0.140. The summed E-state index contributed by atoms with van der Waals surface area (Å²) in [6.45, 7) is 4.93. The van der Waals surface area contributed by atoms with Crippen LogP contribution in [0.1, 0.15) is 41.3 Å². The number of methoxy groups -OCH3 is 1. The van der Waals surface area contributed by atoms with Crippen molar-refractivity contribution in [1.82, 2.24) is 30.2 Å². The van der Waals surface area contributed by atoms with Gasteiger partial charge in [0.1, 0.15) is 5.25 Å². The first-order valence-corrected chi connectivity index (χ1v) is 12.9. The average Bonchev–Trinajstić information content (AvgIpc) is 3.58. The van der Waals surface area contributed by atoms with E-state index in [4.69, 9.17) is 9.72 Å². The van der Waals surface area contributed by atoms with E-state index in [1.807, 2.05) is 18.2 Å². The van der Waals surface area contributed by atoms with Crippen LogP contribution in [0.25, 0.3) is 22.5 Å².